The molecule has 1 heterocycles. The minimum atomic E-state index is -0.343. The molecule has 0 radical (unpaired) electrons. The van der Waals surface area contributed by atoms with E-state index in [1.807, 2.05) is 18.2 Å². The van der Waals surface area contributed by atoms with Crippen molar-refractivity contribution in [2.45, 2.75) is 26.7 Å². The van der Waals surface area contributed by atoms with Crippen LogP contribution < -0.4 is 5.56 Å². The van der Waals surface area contributed by atoms with Gasteiger partial charge < -0.3 is 9.72 Å². The number of aromatic amines is 1. The van der Waals surface area contributed by atoms with Crippen LogP contribution in [0.3, 0.4) is 0 Å². The van der Waals surface area contributed by atoms with Crippen molar-refractivity contribution in [3.63, 3.8) is 0 Å². The maximum atomic E-state index is 12.4. The molecule has 0 saturated heterocycles. The first-order chi connectivity index (χ1) is 12.5. The van der Waals surface area contributed by atoms with Gasteiger partial charge in [0.25, 0.3) is 5.56 Å². The third kappa shape index (κ3) is 4.17. The van der Waals surface area contributed by atoms with Crippen molar-refractivity contribution < 1.29 is 9.53 Å². The van der Waals surface area contributed by atoms with Crippen molar-refractivity contribution in [2.24, 2.45) is 5.92 Å². The first kappa shape index (κ1) is 17.9. The van der Waals surface area contributed by atoms with Crippen LogP contribution in [0.4, 0.5) is 0 Å². The highest BCUT2D eigenvalue weighted by molar-refractivity contribution is 5.91. The standard InChI is InChI=1S/C21H22N2O3/c1-14(2)11-12-26-21(25)16-8-4-3-7-15(16)13-19-22-18-10-6-5-9-17(18)20(24)23-19/h3-10,14H,11-13H2,1-2H3,(H,22,23,24). The van der Waals surface area contributed by atoms with E-state index < -0.39 is 0 Å². The number of aromatic nitrogens is 2. The highest BCUT2D eigenvalue weighted by Gasteiger charge is 2.14. The lowest BCUT2D eigenvalue weighted by molar-refractivity contribution is 0.0487. The molecule has 1 aromatic heterocycles. The molecule has 0 aliphatic rings. The number of ether oxygens (including phenoxy) is 1. The largest absolute Gasteiger partial charge is 0.462 e. The Bertz CT molecular complexity index is 976. The van der Waals surface area contributed by atoms with Crippen LogP contribution in [-0.4, -0.2) is 22.5 Å². The summed E-state index contributed by atoms with van der Waals surface area (Å²) in [6.45, 7) is 4.57. The molecule has 0 amide bonds. The fourth-order valence-corrected chi connectivity index (χ4v) is 2.74. The number of hydrogen-bond donors (Lipinski definition) is 1. The van der Waals surface area contributed by atoms with Crippen LogP contribution in [0.15, 0.2) is 53.3 Å². The van der Waals surface area contributed by atoms with E-state index in [1.54, 1.807) is 30.3 Å². The Morgan fingerprint density at radius 2 is 1.85 bits per heavy atom. The van der Waals surface area contributed by atoms with Gasteiger partial charge in [-0.05, 0) is 36.1 Å². The lowest BCUT2D eigenvalue weighted by Crippen LogP contribution is -2.14. The van der Waals surface area contributed by atoms with E-state index in [0.29, 0.717) is 41.2 Å². The average Bonchev–Trinajstić information content (AvgIpc) is 2.62. The third-order valence-electron chi connectivity index (χ3n) is 4.19. The summed E-state index contributed by atoms with van der Waals surface area (Å²) in [4.78, 5) is 31.9. The number of benzene rings is 2. The molecule has 0 fully saturated rings. The van der Waals surface area contributed by atoms with Gasteiger partial charge in [0, 0.05) is 6.42 Å². The van der Waals surface area contributed by atoms with E-state index >= 15 is 0 Å². The van der Waals surface area contributed by atoms with Gasteiger partial charge in [-0.3, -0.25) is 4.79 Å². The van der Waals surface area contributed by atoms with Gasteiger partial charge in [0.1, 0.15) is 5.82 Å². The van der Waals surface area contributed by atoms with Gasteiger partial charge in [-0.2, -0.15) is 0 Å². The summed E-state index contributed by atoms with van der Waals surface area (Å²) in [5.74, 6) is 0.658. The second kappa shape index (κ2) is 7.95. The lowest BCUT2D eigenvalue weighted by atomic mass is 10.0. The Labute approximate surface area is 152 Å². The summed E-state index contributed by atoms with van der Waals surface area (Å²) in [5.41, 5.74) is 1.75. The highest BCUT2D eigenvalue weighted by Crippen LogP contribution is 2.15. The Balaban J connectivity index is 1.84. The molecule has 0 aliphatic carbocycles. The Hall–Kier alpha value is -2.95. The fraction of sp³-hybridized carbons (Fsp3) is 0.286. The van der Waals surface area contributed by atoms with Crippen molar-refractivity contribution in [3.05, 3.63) is 75.8 Å². The first-order valence-electron chi connectivity index (χ1n) is 8.77. The van der Waals surface area contributed by atoms with Gasteiger partial charge in [-0.1, -0.05) is 44.2 Å². The highest BCUT2D eigenvalue weighted by atomic mass is 16.5. The number of rotatable bonds is 6. The van der Waals surface area contributed by atoms with Crippen molar-refractivity contribution in [1.29, 1.82) is 0 Å². The molecule has 1 N–H and O–H groups in total. The second-order valence-corrected chi connectivity index (χ2v) is 6.68. The third-order valence-corrected chi connectivity index (χ3v) is 4.19. The fourth-order valence-electron chi connectivity index (χ4n) is 2.74. The molecule has 2 aromatic carbocycles. The summed E-state index contributed by atoms with van der Waals surface area (Å²) < 4.78 is 5.38. The Kier molecular flexibility index (Phi) is 5.46. The van der Waals surface area contributed by atoms with Crippen molar-refractivity contribution in [1.82, 2.24) is 9.97 Å². The number of para-hydroxylation sites is 1. The molecule has 0 bridgehead atoms. The van der Waals surface area contributed by atoms with E-state index in [0.717, 1.165) is 12.0 Å². The van der Waals surface area contributed by atoms with E-state index in [4.69, 9.17) is 4.74 Å². The van der Waals surface area contributed by atoms with Crippen LogP contribution in [0.25, 0.3) is 10.9 Å². The number of fused-ring (bicyclic) bond motifs is 1. The maximum absolute atomic E-state index is 12.4. The molecule has 3 aromatic rings. The minimum absolute atomic E-state index is 0.178. The van der Waals surface area contributed by atoms with Gasteiger partial charge in [0.15, 0.2) is 0 Å². The summed E-state index contributed by atoms with van der Waals surface area (Å²) in [6.07, 6.45) is 1.18. The van der Waals surface area contributed by atoms with Gasteiger partial charge in [0.05, 0.1) is 23.1 Å². The first-order valence-corrected chi connectivity index (χ1v) is 8.77. The van der Waals surface area contributed by atoms with Crippen LogP contribution in [0.1, 0.15) is 42.0 Å². The maximum Gasteiger partial charge on any atom is 0.338 e. The molecule has 0 saturated carbocycles. The number of carbonyl (C=O) groups excluding carboxylic acids is 1. The summed E-state index contributed by atoms with van der Waals surface area (Å²) in [5, 5.41) is 0.553. The Morgan fingerprint density at radius 1 is 1.12 bits per heavy atom. The molecule has 0 aliphatic heterocycles. The molecule has 134 valence electrons. The molecule has 5 heteroatoms. The molecular formula is C21H22N2O3. The van der Waals surface area contributed by atoms with Crippen LogP contribution in [0.5, 0.6) is 0 Å². The van der Waals surface area contributed by atoms with Crippen LogP contribution in [-0.2, 0) is 11.2 Å². The van der Waals surface area contributed by atoms with E-state index in [9.17, 15) is 9.59 Å². The smallest absolute Gasteiger partial charge is 0.338 e. The molecule has 5 nitrogen and oxygen atoms in total. The summed E-state index contributed by atoms with van der Waals surface area (Å²) in [6, 6.07) is 14.5. The summed E-state index contributed by atoms with van der Waals surface area (Å²) in [7, 11) is 0. The van der Waals surface area contributed by atoms with Crippen LogP contribution in [0, 0.1) is 5.92 Å². The predicted molar refractivity (Wildman–Crippen MR) is 101 cm³/mol. The zero-order valence-electron chi connectivity index (χ0n) is 15.0. The zero-order valence-corrected chi connectivity index (χ0v) is 15.0. The topological polar surface area (TPSA) is 72.0 Å². The monoisotopic (exact) mass is 350 g/mol. The number of H-pyrrole nitrogens is 1. The van der Waals surface area contributed by atoms with Crippen molar-refractivity contribution in [2.75, 3.05) is 6.61 Å². The van der Waals surface area contributed by atoms with Gasteiger partial charge in [-0.15, -0.1) is 0 Å². The lowest BCUT2D eigenvalue weighted by Gasteiger charge is -2.10. The molecule has 26 heavy (non-hydrogen) atoms. The Morgan fingerprint density at radius 3 is 2.65 bits per heavy atom. The zero-order chi connectivity index (χ0) is 18.5. The van der Waals surface area contributed by atoms with Gasteiger partial charge in [-0.25, -0.2) is 9.78 Å². The molecular weight excluding hydrogens is 328 g/mol. The minimum Gasteiger partial charge on any atom is -0.462 e. The molecule has 0 atom stereocenters. The second-order valence-electron chi connectivity index (χ2n) is 6.68. The predicted octanol–water partition coefficient (Wildman–Crippen LogP) is 3.72. The van der Waals surface area contributed by atoms with E-state index in [1.165, 1.54) is 0 Å². The van der Waals surface area contributed by atoms with E-state index in [-0.39, 0.29) is 11.5 Å². The number of carbonyl (C=O) groups is 1. The van der Waals surface area contributed by atoms with Crippen molar-refractivity contribution >= 4 is 16.9 Å². The van der Waals surface area contributed by atoms with Crippen LogP contribution >= 0.6 is 0 Å². The summed E-state index contributed by atoms with van der Waals surface area (Å²) >= 11 is 0. The SMILES string of the molecule is CC(C)CCOC(=O)c1ccccc1Cc1nc2ccccc2c(=O)[nH]1. The molecule has 0 spiro atoms. The van der Waals surface area contributed by atoms with Gasteiger partial charge in [0.2, 0.25) is 0 Å². The van der Waals surface area contributed by atoms with Crippen molar-refractivity contribution in [3.8, 4) is 0 Å². The van der Waals surface area contributed by atoms with Gasteiger partial charge >= 0.3 is 5.97 Å². The van der Waals surface area contributed by atoms with E-state index in [2.05, 4.69) is 23.8 Å². The number of nitrogens with zero attached hydrogens (tertiary/aromatic N) is 1. The molecule has 3 rings (SSSR count). The normalized spacial score (nSPS) is 11.0. The number of nitrogens with one attached hydrogen (secondary N) is 1. The molecule has 0 unspecified atom stereocenters. The van der Waals surface area contributed by atoms with Crippen LogP contribution in [0.2, 0.25) is 0 Å². The number of hydrogen-bond acceptors (Lipinski definition) is 4. The average molecular weight is 350 g/mol. The number of esters is 1. The quantitative estimate of drug-likeness (QED) is 0.688.